The van der Waals surface area contributed by atoms with Crippen LogP contribution in [0.4, 0.5) is 0 Å². The summed E-state index contributed by atoms with van der Waals surface area (Å²) in [7, 11) is 1.69. The second-order valence-corrected chi connectivity index (χ2v) is 4.38. The summed E-state index contributed by atoms with van der Waals surface area (Å²) < 4.78 is 0. The minimum Gasteiger partial charge on any atom is -0.304 e. The van der Waals surface area contributed by atoms with Crippen molar-refractivity contribution in [2.45, 2.75) is 31.7 Å². The van der Waals surface area contributed by atoms with Gasteiger partial charge in [-0.2, -0.15) is 5.48 Å². The molecule has 1 atom stereocenters. The van der Waals surface area contributed by atoms with E-state index in [1.54, 1.807) is 7.11 Å². The van der Waals surface area contributed by atoms with Gasteiger partial charge in [0, 0.05) is 4.88 Å². The van der Waals surface area contributed by atoms with E-state index in [2.05, 4.69) is 16.9 Å². The maximum absolute atomic E-state index is 5.02. The van der Waals surface area contributed by atoms with Crippen LogP contribution in [0.2, 0.25) is 0 Å². The molecule has 72 valence electrons. The third-order valence-corrected chi connectivity index (χ3v) is 3.62. The molecule has 3 heteroatoms. The van der Waals surface area contributed by atoms with Gasteiger partial charge in [-0.3, -0.25) is 0 Å². The van der Waals surface area contributed by atoms with E-state index in [4.69, 9.17) is 4.84 Å². The number of thiophene rings is 1. The van der Waals surface area contributed by atoms with Crippen LogP contribution in [0.3, 0.4) is 0 Å². The Hall–Kier alpha value is -0.380. The van der Waals surface area contributed by atoms with E-state index in [0.29, 0.717) is 6.04 Å². The molecule has 13 heavy (non-hydrogen) atoms. The summed E-state index contributed by atoms with van der Waals surface area (Å²) in [6.45, 7) is 0. The van der Waals surface area contributed by atoms with Crippen LogP contribution in [-0.2, 0) is 11.3 Å². The highest BCUT2D eigenvalue weighted by molar-refractivity contribution is 7.10. The fourth-order valence-electron chi connectivity index (χ4n) is 1.91. The number of rotatable bonds is 2. The monoisotopic (exact) mass is 197 g/mol. The quantitative estimate of drug-likeness (QED) is 0.581. The Morgan fingerprint density at radius 3 is 3.31 bits per heavy atom. The molecule has 0 saturated carbocycles. The molecule has 0 radical (unpaired) electrons. The van der Waals surface area contributed by atoms with Crippen LogP contribution in [0.15, 0.2) is 11.4 Å². The van der Waals surface area contributed by atoms with E-state index in [1.807, 2.05) is 11.3 Å². The highest BCUT2D eigenvalue weighted by Crippen LogP contribution is 2.32. The lowest BCUT2D eigenvalue weighted by Gasteiger charge is -2.14. The average Bonchev–Trinajstić information content (AvgIpc) is 2.52. The Kier molecular flexibility index (Phi) is 2.98. The Bertz CT molecular complexity index is 272. The zero-order valence-electron chi connectivity index (χ0n) is 7.88. The van der Waals surface area contributed by atoms with Gasteiger partial charge in [0.25, 0.3) is 0 Å². The Morgan fingerprint density at radius 2 is 2.46 bits per heavy atom. The molecule has 0 aromatic carbocycles. The normalized spacial score (nSPS) is 22.4. The summed E-state index contributed by atoms with van der Waals surface area (Å²) in [5.41, 5.74) is 4.59. The number of hydrogen-bond donors (Lipinski definition) is 1. The molecule has 2 rings (SSSR count). The third kappa shape index (κ3) is 1.93. The molecule has 0 amide bonds. The molecule has 1 aliphatic rings. The lowest BCUT2D eigenvalue weighted by Crippen LogP contribution is -2.18. The highest BCUT2D eigenvalue weighted by atomic mass is 32.1. The molecule has 0 spiro atoms. The van der Waals surface area contributed by atoms with Crippen LogP contribution in [0, 0.1) is 0 Å². The Labute approximate surface area is 82.9 Å². The molecular weight excluding hydrogens is 182 g/mol. The first-order valence-corrected chi connectivity index (χ1v) is 5.64. The van der Waals surface area contributed by atoms with Gasteiger partial charge in [-0.1, -0.05) is 6.42 Å². The second kappa shape index (κ2) is 4.22. The fraction of sp³-hybridized carbons (Fsp3) is 0.600. The molecule has 0 fully saturated rings. The van der Waals surface area contributed by atoms with Crippen molar-refractivity contribution in [2.24, 2.45) is 0 Å². The predicted molar refractivity (Wildman–Crippen MR) is 54.8 cm³/mol. The lowest BCUT2D eigenvalue weighted by molar-refractivity contribution is 0.0586. The van der Waals surface area contributed by atoms with Crippen LogP contribution in [0.1, 0.15) is 35.7 Å². The van der Waals surface area contributed by atoms with E-state index in [0.717, 1.165) is 0 Å². The summed E-state index contributed by atoms with van der Waals surface area (Å²) in [6, 6.07) is 2.66. The molecule has 1 aromatic heterocycles. The molecule has 1 aromatic rings. The minimum absolute atomic E-state index is 0.419. The molecule has 0 aliphatic heterocycles. The number of fused-ring (bicyclic) bond motifs is 1. The summed E-state index contributed by atoms with van der Waals surface area (Å²) in [4.78, 5) is 6.49. The van der Waals surface area contributed by atoms with Crippen molar-refractivity contribution in [3.63, 3.8) is 0 Å². The van der Waals surface area contributed by atoms with Gasteiger partial charge in [-0.05, 0) is 36.3 Å². The molecule has 0 saturated heterocycles. The first-order valence-electron chi connectivity index (χ1n) is 4.76. The first-order chi connectivity index (χ1) is 6.42. The van der Waals surface area contributed by atoms with Gasteiger partial charge in [-0.25, -0.2) is 0 Å². The molecular formula is C10H15NOS. The van der Waals surface area contributed by atoms with Gasteiger partial charge in [0.1, 0.15) is 0 Å². The maximum atomic E-state index is 5.02. The van der Waals surface area contributed by atoms with Crippen LogP contribution < -0.4 is 5.48 Å². The zero-order valence-corrected chi connectivity index (χ0v) is 8.69. The van der Waals surface area contributed by atoms with Crippen LogP contribution in [-0.4, -0.2) is 7.11 Å². The van der Waals surface area contributed by atoms with Gasteiger partial charge in [0.15, 0.2) is 0 Å². The lowest BCUT2D eigenvalue weighted by atomic mass is 10.1. The number of aryl methyl sites for hydroxylation is 1. The van der Waals surface area contributed by atoms with Crippen molar-refractivity contribution in [3.05, 3.63) is 21.9 Å². The number of hydrogen-bond acceptors (Lipinski definition) is 3. The number of hydroxylamine groups is 1. The van der Waals surface area contributed by atoms with Crippen molar-refractivity contribution in [1.29, 1.82) is 0 Å². The molecule has 1 N–H and O–H groups in total. The van der Waals surface area contributed by atoms with Crippen molar-refractivity contribution >= 4 is 11.3 Å². The van der Waals surface area contributed by atoms with Crippen LogP contribution in [0.25, 0.3) is 0 Å². The van der Waals surface area contributed by atoms with Crippen LogP contribution in [0.5, 0.6) is 0 Å². The Morgan fingerprint density at radius 1 is 1.54 bits per heavy atom. The second-order valence-electron chi connectivity index (χ2n) is 3.43. The van der Waals surface area contributed by atoms with E-state index >= 15 is 0 Å². The van der Waals surface area contributed by atoms with Crippen molar-refractivity contribution in [3.8, 4) is 0 Å². The van der Waals surface area contributed by atoms with Crippen LogP contribution >= 0.6 is 11.3 Å². The summed E-state index contributed by atoms with van der Waals surface area (Å²) in [5, 5.41) is 2.18. The third-order valence-electron chi connectivity index (χ3n) is 2.55. The van der Waals surface area contributed by atoms with Gasteiger partial charge < -0.3 is 4.84 Å². The fourth-order valence-corrected chi connectivity index (χ4v) is 2.94. The maximum Gasteiger partial charge on any atom is 0.0667 e. The molecule has 1 unspecified atom stereocenters. The van der Waals surface area contributed by atoms with Gasteiger partial charge in [0.2, 0.25) is 0 Å². The van der Waals surface area contributed by atoms with Crippen molar-refractivity contribution < 1.29 is 4.84 Å². The van der Waals surface area contributed by atoms with E-state index in [-0.39, 0.29) is 0 Å². The van der Waals surface area contributed by atoms with E-state index < -0.39 is 0 Å². The van der Waals surface area contributed by atoms with Gasteiger partial charge in [0.05, 0.1) is 13.2 Å². The van der Waals surface area contributed by atoms with Crippen molar-refractivity contribution in [1.82, 2.24) is 5.48 Å². The number of nitrogens with one attached hydrogen (secondary N) is 1. The highest BCUT2D eigenvalue weighted by Gasteiger charge is 2.19. The van der Waals surface area contributed by atoms with E-state index in [9.17, 15) is 0 Å². The average molecular weight is 197 g/mol. The largest absolute Gasteiger partial charge is 0.304 e. The Balaban J connectivity index is 2.20. The summed E-state index contributed by atoms with van der Waals surface area (Å²) in [5.74, 6) is 0. The van der Waals surface area contributed by atoms with Gasteiger partial charge in [-0.15, -0.1) is 11.3 Å². The first kappa shape index (κ1) is 9.19. The minimum atomic E-state index is 0.419. The standard InChI is InChI=1S/C10H15NOS/c1-12-11-9-5-3-2-4-8-6-7-13-10(8)9/h6-7,9,11H,2-5H2,1H3. The summed E-state index contributed by atoms with van der Waals surface area (Å²) >= 11 is 1.84. The van der Waals surface area contributed by atoms with Crippen molar-refractivity contribution in [2.75, 3.05) is 7.11 Å². The molecule has 1 heterocycles. The smallest absolute Gasteiger partial charge is 0.0667 e. The zero-order chi connectivity index (χ0) is 9.10. The summed E-state index contributed by atoms with van der Waals surface area (Å²) in [6.07, 6.45) is 5.04. The van der Waals surface area contributed by atoms with Gasteiger partial charge >= 0.3 is 0 Å². The van der Waals surface area contributed by atoms with E-state index in [1.165, 1.54) is 36.1 Å². The topological polar surface area (TPSA) is 21.3 Å². The molecule has 1 aliphatic carbocycles. The predicted octanol–water partition coefficient (Wildman–Crippen LogP) is 2.67. The molecule has 0 bridgehead atoms. The molecule has 2 nitrogen and oxygen atoms in total. The SMILES string of the molecule is CONC1CCCCc2ccsc21.